The van der Waals surface area contributed by atoms with Crippen LogP contribution in [0.5, 0.6) is 0 Å². The highest BCUT2D eigenvalue weighted by Crippen LogP contribution is 2.06. The lowest BCUT2D eigenvalue weighted by molar-refractivity contribution is -0.144. The molecule has 3 amide bonds. The van der Waals surface area contributed by atoms with Crippen molar-refractivity contribution in [2.24, 2.45) is 11.7 Å². The number of carbonyl (C=O) groups is 6. The van der Waals surface area contributed by atoms with Crippen LogP contribution in [0.25, 0.3) is 0 Å². The van der Waals surface area contributed by atoms with Gasteiger partial charge >= 0.3 is 17.9 Å². The Bertz CT molecular complexity index is 666. The van der Waals surface area contributed by atoms with Crippen LogP contribution in [-0.4, -0.2) is 75.6 Å². The molecule has 0 aromatic heterocycles. The fourth-order valence-corrected chi connectivity index (χ4v) is 2.30. The van der Waals surface area contributed by atoms with E-state index in [0.29, 0.717) is 0 Å². The minimum absolute atomic E-state index is 0.0699. The third-order valence-electron chi connectivity index (χ3n) is 3.78. The van der Waals surface area contributed by atoms with Crippen molar-refractivity contribution in [3.63, 3.8) is 0 Å². The molecule has 13 heteroatoms. The molecule has 0 aromatic rings. The van der Waals surface area contributed by atoms with E-state index in [-0.39, 0.29) is 25.2 Å². The Morgan fingerprint density at radius 1 is 0.867 bits per heavy atom. The monoisotopic (exact) mass is 432 g/mol. The van der Waals surface area contributed by atoms with Gasteiger partial charge < -0.3 is 37.0 Å². The van der Waals surface area contributed by atoms with Crippen molar-refractivity contribution >= 4 is 35.6 Å². The first-order valence-electron chi connectivity index (χ1n) is 9.12. The highest BCUT2D eigenvalue weighted by molar-refractivity contribution is 5.94. The summed E-state index contributed by atoms with van der Waals surface area (Å²) in [5.41, 5.74) is 5.49. The van der Waals surface area contributed by atoms with Crippen LogP contribution in [0.15, 0.2) is 0 Å². The van der Waals surface area contributed by atoms with Crippen molar-refractivity contribution in [2.75, 3.05) is 6.54 Å². The van der Waals surface area contributed by atoms with Gasteiger partial charge in [-0.1, -0.05) is 13.8 Å². The lowest BCUT2D eigenvalue weighted by atomic mass is 10.0. The molecule has 0 bridgehead atoms. The minimum Gasteiger partial charge on any atom is -0.481 e. The summed E-state index contributed by atoms with van der Waals surface area (Å²) >= 11 is 0. The number of carboxylic acids is 3. The molecule has 30 heavy (non-hydrogen) atoms. The van der Waals surface area contributed by atoms with Crippen LogP contribution >= 0.6 is 0 Å². The van der Waals surface area contributed by atoms with Gasteiger partial charge in [-0.15, -0.1) is 0 Å². The third kappa shape index (κ3) is 11.6. The molecule has 3 unspecified atom stereocenters. The van der Waals surface area contributed by atoms with Crippen molar-refractivity contribution in [1.82, 2.24) is 16.0 Å². The Kier molecular flexibility index (Phi) is 11.7. The molecule has 0 aliphatic heterocycles. The molecule has 170 valence electrons. The molecule has 8 N–H and O–H groups in total. The zero-order valence-corrected chi connectivity index (χ0v) is 16.7. The van der Waals surface area contributed by atoms with Gasteiger partial charge in [0.05, 0.1) is 19.0 Å². The lowest BCUT2D eigenvalue weighted by Gasteiger charge is -2.21. The molecule has 0 aromatic carbocycles. The highest BCUT2D eigenvalue weighted by Gasteiger charge is 2.29. The highest BCUT2D eigenvalue weighted by atomic mass is 16.4. The Morgan fingerprint density at radius 3 is 1.93 bits per heavy atom. The molecule has 0 spiro atoms. The smallest absolute Gasteiger partial charge is 0.326 e. The average molecular weight is 432 g/mol. The summed E-state index contributed by atoms with van der Waals surface area (Å²) in [7, 11) is 0. The summed E-state index contributed by atoms with van der Waals surface area (Å²) in [5, 5.41) is 33.1. The first-order valence-corrected chi connectivity index (χ1v) is 9.12. The first-order chi connectivity index (χ1) is 13.8. The molecule has 0 fully saturated rings. The van der Waals surface area contributed by atoms with E-state index in [1.54, 1.807) is 13.8 Å². The van der Waals surface area contributed by atoms with Crippen LogP contribution in [0, 0.1) is 5.92 Å². The second-order valence-electron chi connectivity index (χ2n) is 7.00. The Balaban J connectivity index is 4.87. The molecule has 0 saturated heterocycles. The predicted molar refractivity (Wildman–Crippen MR) is 101 cm³/mol. The van der Waals surface area contributed by atoms with Crippen molar-refractivity contribution in [3.05, 3.63) is 0 Å². The molecule has 0 aliphatic carbocycles. The van der Waals surface area contributed by atoms with Gasteiger partial charge in [-0.3, -0.25) is 24.0 Å². The Hall–Kier alpha value is -3.22. The van der Waals surface area contributed by atoms with E-state index in [1.165, 1.54) is 0 Å². The number of carboxylic acid groups (broad SMARTS) is 3. The van der Waals surface area contributed by atoms with E-state index < -0.39 is 66.7 Å². The van der Waals surface area contributed by atoms with E-state index in [4.69, 9.17) is 15.9 Å². The van der Waals surface area contributed by atoms with Crippen LogP contribution in [-0.2, 0) is 28.8 Å². The quantitative estimate of drug-likeness (QED) is 0.158. The number of aliphatic carboxylic acids is 3. The number of carbonyl (C=O) groups excluding carboxylic acids is 3. The van der Waals surface area contributed by atoms with Crippen molar-refractivity contribution in [1.29, 1.82) is 0 Å². The second kappa shape index (κ2) is 13.1. The largest absolute Gasteiger partial charge is 0.481 e. The van der Waals surface area contributed by atoms with E-state index in [2.05, 4.69) is 16.0 Å². The molecular formula is C17H28N4O9. The van der Waals surface area contributed by atoms with Gasteiger partial charge in [0, 0.05) is 6.42 Å². The van der Waals surface area contributed by atoms with Crippen LogP contribution in [0.3, 0.4) is 0 Å². The predicted octanol–water partition coefficient (Wildman–Crippen LogP) is -2.13. The summed E-state index contributed by atoms with van der Waals surface area (Å²) in [5.74, 6) is -6.64. The maximum absolute atomic E-state index is 12.3. The average Bonchev–Trinajstić information content (AvgIpc) is 2.61. The maximum atomic E-state index is 12.3. The molecule has 0 radical (unpaired) electrons. The topological polar surface area (TPSA) is 225 Å². The molecule has 0 heterocycles. The van der Waals surface area contributed by atoms with Crippen molar-refractivity contribution in [2.45, 2.75) is 57.7 Å². The third-order valence-corrected chi connectivity index (χ3v) is 3.78. The molecule has 3 atom stereocenters. The van der Waals surface area contributed by atoms with Crippen molar-refractivity contribution in [3.8, 4) is 0 Å². The molecule has 0 saturated carbocycles. The molecule has 0 rings (SSSR count). The van der Waals surface area contributed by atoms with E-state index >= 15 is 0 Å². The van der Waals surface area contributed by atoms with E-state index in [1.807, 2.05) is 0 Å². The van der Waals surface area contributed by atoms with E-state index in [9.17, 15) is 33.9 Å². The molecule has 13 nitrogen and oxygen atoms in total. The van der Waals surface area contributed by atoms with Crippen LogP contribution in [0.4, 0.5) is 0 Å². The van der Waals surface area contributed by atoms with Crippen LogP contribution in [0.2, 0.25) is 0 Å². The van der Waals surface area contributed by atoms with Gasteiger partial charge in [0.2, 0.25) is 17.7 Å². The number of nitrogens with two attached hydrogens (primary N) is 1. The summed E-state index contributed by atoms with van der Waals surface area (Å²) < 4.78 is 0. The van der Waals surface area contributed by atoms with Crippen molar-refractivity contribution < 1.29 is 44.1 Å². The number of rotatable bonds is 14. The van der Waals surface area contributed by atoms with Gasteiger partial charge in [-0.25, -0.2) is 4.79 Å². The number of hydrogen-bond donors (Lipinski definition) is 7. The fraction of sp³-hybridized carbons (Fsp3) is 0.647. The van der Waals surface area contributed by atoms with Gasteiger partial charge in [-0.2, -0.15) is 0 Å². The first kappa shape index (κ1) is 26.8. The number of hydrogen-bond acceptors (Lipinski definition) is 7. The van der Waals surface area contributed by atoms with Gasteiger partial charge in [0.25, 0.3) is 0 Å². The standard InChI is InChI=1S/C17H28N4O9/c1-8(2)5-11(17(29)30)21-16(28)10(6-14(25)26)20-12(22)7-19-15(27)9(18)3-4-13(23)24/h8-11H,3-7,18H2,1-2H3,(H,19,27)(H,20,22)(H,21,28)(H,23,24)(H,25,26)(H,29,30). The van der Waals surface area contributed by atoms with E-state index in [0.717, 1.165) is 0 Å². The lowest BCUT2D eigenvalue weighted by Crippen LogP contribution is -2.54. The van der Waals surface area contributed by atoms with Crippen LogP contribution in [0.1, 0.15) is 39.5 Å². The Morgan fingerprint density at radius 2 is 1.47 bits per heavy atom. The Labute approximate surface area is 172 Å². The summed E-state index contributed by atoms with van der Waals surface area (Å²) in [6.07, 6.45) is -1.21. The summed E-state index contributed by atoms with van der Waals surface area (Å²) in [6.45, 7) is 2.84. The SMILES string of the molecule is CC(C)CC(NC(=O)C(CC(=O)O)NC(=O)CNC(=O)C(N)CCC(=O)O)C(=O)O. The van der Waals surface area contributed by atoms with Gasteiger partial charge in [0.15, 0.2) is 0 Å². The zero-order chi connectivity index (χ0) is 23.4. The van der Waals surface area contributed by atoms with Crippen LogP contribution < -0.4 is 21.7 Å². The maximum Gasteiger partial charge on any atom is 0.326 e. The van der Waals surface area contributed by atoms with Gasteiger partial charge in [-0.05, 0) is 18.8 Å². The second-order valence-corrected chi connectivity index (χ2v) is 7.00. The molecule has 0 aliphatic rings. The fourth-order valence-electron chi connectivity index (χ4n) is 2.30. The minimum atomic E-state index is -1.57. The molecular weight excluding hydrogens is 404 g/mol. The normalized spacial score (nSPS) is 13.6. The summed E-state index contributed by atoms with van der Waals surface area (Å²) in [6, 6.07) is -4.00. The number of nitrogens with one attached hydrogen (secondary N) is 3. The zero-order valence-electron chi connectivity index (χ0n) is 16.7. The van der Waals surface area contributed by atoms with Gasteiger partial charge in [0.1, 0.15) is 12.1 Å². The number of amides is 3. The summed E-state index contributed by atoms with van der Waals surface area (Å²) in [4.78, 5) is 68.7.